The number of hydrogen-bond acceptors (Lipinski definition) is 7. The van der Waals surface area contributed by atoms with Gasteiger partial charge in [-0.05, 0) is 16.7 Å². The topological polar surface area (TPSA) is 95.1 Å². The molecule has 1 amide bonds. The maximum absolute atomic E-state index is 12.9. The monoisotopic (exact) mass is 532 g/mol. The number of nitrogens with one attached hydrogen (secondary N) is 2. The van der Waals surface area contributed by atoms with Gasteiger partial charge in [-0.1, -0.05) is 91.0 Å². The summed E-state index contributed by atoms with van der Waals surface area (Å²) in [7, 11) is 1.33. The normalized spacial score (nSPS) is 22.7. The molecule has 0 saturated carbocycles. The summed E-state index contributed by atoms with van der Waals surface area (Å²) in [5.41, 5.74) is 2.99. The van der Waals surface area contributed by atoms with Crippen molar-refractivity contribution < 1.29 is 28.5 Å². The van der Waals surface area contributed by atoms with Crippen LogP contribution in [0.25, 0.3) is 0 Å². The van der Waals surface area contributed by atoms with Crippen LogP contribution in [-0.2, 0) is 48.4 Å². The van der Waals surface area contributed by atoms with E-state index in [2.05, 4.69) is 10.6 Å². The highest BCUT2D eigenvalue weighted by Crippen LogP contribution is 2.25. The first-order valence-corrected chi connectivity index (χ1v) is 13.1. The van der Waals surface area contributed by atoms with E-state index in [1.807, 2.05) is 91.0 Å². The Labute approximate surface area is 229 Å². The first-order chi connectivity index (χ1) is 19.0. The van der Waals surface area contributed by atoms with Gasteiger partial charge in [-0.3, -0.25) is 14.9 Å². The number of piperidine rings is 1. The van der Waals surface area contributed by atoms with Gasteiger partial charge in [-0.25, -0.2) is 0 Å². The molecule has 0 aliphatic carbocycles. The Morgan fingerprint density at radius 1 is 0.744 bits per heavy atom. The average molecular weight is 533 g/mol. The molecule has 4 rings (SSSR count). The van der Waals surface area contributed by atoms with E-state index in [4.69, 9.17) is 18.9 Å². The van der Waals surface area contributed by atoms with E-state index in [-0.39, 0.29) is 19.1 Å². The summed E-state index contributed by atoms with van der Waals surface area (Å²) in [6.45, 7) is 2.66. The lowest BCUT2D eigenvalue weighted by atomic mass is 9.87. The van der Waals surface area contributed by atoms with Gasteiger partial charge in [-0.15, -0.1) is 0 Å². The lowest BCUT2D eigenvalue weighted by molar-refractivity contribution is -0.166. The largest absolute Gasteiger partial charge is 0.468 e. The maximum Gasteiger partial charge on any atom is 0.325 e. The van der Waals surface area contributed by atoms with E-state index in [1.54, 1.807) is 0 Å². The Hall–Kier alpha value is -3.56. The Morgan fingerprint density at radius 3 is 1.72 bits per heavy atom. The van der Waals surface area contributed by atoms with Crippen molar-refractivity contribution in [2.45, 2.75) is 57.1 Å². The number of benzene rings is 3. The predicted octanol–water partition coefficient (Wildman–Crippen LogP) is 3.39. The highest BCUT2D eigenvalue weighted by atomic mass is 16.5. The number of methoxy groups -OCH3 is 1. The van der Waals surface area contributed by atoms with Crippen LogP contribution >= 0.6 is 0 Å². The molecule has 1 aliphatic rings. The molecule has 3 aromatic rings. The third kappa shape index (κ3) is 8.21. The smallest absolute Gasteiger partial charge is 0.325 e. The fourth-order valence-corrected chi connectivity index (χ4v) is 4.76. The van der Waals surface area contributed by atoms with E-state index in [0.29, 0.717) is 13.2 Å². The molecule has 0 unspecified atom stereocenters. The van der Waals surface area contributed by atoms with Gasteiger partial charge >= 0.3 is 5.97 Å². The quantitative estimate of drug-likeness (QED) is 0.345. The maximum atomic E-state index is 12.9. The summed E-state index contributed by atoms with van der Waals surface area (Å²) < 4.78 is 24.2. The van der Waals surface area contributed by atoms with Crippen molar-refractivity contribution >= 4 is 11.9 Å². The summed E-state index contributed by atoms with van der Waals surface area (Å²) in [5.74, 6) is -0.791. The molecule has 0 bridgehead atoms. The Bertz CT molecular complexity index is 1160. The lowest BCUT2D eigenvalue weighted by Crippen LogP contribution is -2.73. The van der Waals surface area contributed by atoms with Crippen molar-refractivity contribution in [3.05, 3.63) is 108 Å². The van der Waals surface area contributed by atoms with E-state index in [1.165, 1.54) is 14.0 Å². The number of esters is 1. The molecule has 1 aliphatic heterocycles. The second-order valence-electron chi connectivity index (χ2n) is 9.52. The molecule has 5 atom stereocenters. The van der Waals surface area contributed by atoms with Crippen molar-refractivity contribution in [3.8, 4) is 0 Å². The van der Waals surface area contributed by atoms with Gasteiger partial charge in [0, 0.05) is 6.92 Å². The molecule has 3 aromatic carbocycles. The molecule has 1 saturated heterocycles. The third-order valence-electron chi connectivity index (χ3n) is 6.63. The minimum atomic E-state index is -0.860. The number of ether oxygens (including phenoxy) is 4. The summed E-state index contributed by atoms with van der Waals surface area (Å²) in [4.78, 5) is 25.2. The summed E-state index contributed by atoms with van der Waals surface area (Å²) >= 11 is 0. The van der Waals surface area contributed by atoms with Crippen molar-refractivity contribution in [1.82, 2.24) is 10.6 Å². The van der Waals surface area contributed by atoms with Gasteiger partial charge in [0.2, 0.25) is 5.91 Å². The van der Waals surface area contributed by atoms with Gasteiger partial charge in [0.05, 0.1) is 45.6 Å². The lowest BCUT2D eigenvalue weighted by Gasteiger charge is -2.46. The number of rotatable bonds is 12. The van der Waals surface area contributed by atoms with E-state index >= 15 is 0 Å². The average Bonchev–Trinajstić information content (AvgIpc) is 2.97. The molecule has 0 radical (unpaired) electrons. The standard InChI is InChI=1S/C31H36N2O6/c1-22(34)32-27-28(31(35)36-2)33-26(21-37-18-23-12-6-3-7-13-23)29(38-19-24-14-8-4-9-15-24)30(27)39-20-25-16-10-5-11-17-25/h3-17,26-30,33H,18-21H2,1-2H3,(H,32,34)/t26-,27+,28-,29-,30-/m1/s1. The first-order valence-electron chi connectivity index (χ1n) is 13.1. The van der Waals surface area contributed by atoms with Gasteiger partial charge in [-0.2, -0.15) is 0 Å². The summed E-state index contributed by atoms with van der Waals surface area (Å²) in [6.07, 6.45) is -1.23. The second-order valence-corrected chi connectivity index (χ2v) is 9.52. The van der Waals surface area contributed by atoms with Crippen LogP contribution in [0.5, 0.6) is 0 Å². The molecule has 8 heteroatoms. The fourth-order valence-electron chi connectivity index (χ4n) is 4.76. The van der Waals surface area contributed by atoms with Crippen molar-refractivity contribution in [2.75, 3.05) is 13.7 Å². The minimum Gasteiger partial charge on any atom is -0.468 e. The van der Waals surface area contributed by atoms with Crippen LogP contribution in [0.4, 0.5) is 0 Å². The molecule has 39 heavy (non-hydrogen) atoms. The van der Waals surface area contributed by atoms with E-state index in [9.17, 15) is 9.59 Å². The van der Waals surface area contributed by atoms with Crippen molar-refractivity contribution in [1.29, 1.82) is 0 Å². The van der Waals surface area contributed by atoms with Crippen LogP contribution in [0.2, 0.25) is 0 Å². The van der Waals surface area contributed by atoms with E-state index < -0.39 is 36.3 Å². The third-order valence-corrected chi connectivity index (χ3v) is 6.63. The molecule has 0 aromatic heterocycles. The van der Waals surface area contributed by atoms with E-state index in [0.717, 1.165) is 16.7 Å². The van der Waals surface area contributed by atoms with Crippen LogP contribution in [-0.4, -0.2) is 55.9 Å². The number of amides is 1. The SMILES string of the molecule is COC(=O)[C@@H]1N[C@H](COCc2ccccc2)[C@@H](OCc2ccccc2)[C@H](OCc2ccccc2)[C@H]1NC(C)=O. The van der Waals surface area contributed by atoms with Gasteiger partial charge < -0.3 is 24.3 Å². The number of carbonyl (C=O) groups excluding carboxylic acids is 2. The van der Waals surface area contributed by atoms with Gasteiger partial charge in [0.25, 0.3) is 0 Å². The van der Waals surface area contributed by atoms with Gasteiger partial charge in [0.15, 0.2) is 0 Å². The van der Waals surface area contributed by atoms with Crippen LogP contribution in [0.1, 0.15) is 23.6 Å². The molecule has 2 N–H and O–H groups in total. The zero-order valence-electron chi connectivity index (χ0n) is 22.3. The minimum absolute atomic E-state index is 0.250. The zero-order chi connectivity index (χ0) is 27.5. The molecule has 206 valence electrons. The van der Waals surface area contributed by atoms with Crippen LogP contribution in [0.15, 0.2) is 91.0 Å². The molecule has 0 spiro atoms. The highest BCUT2D eigenvalue weighted by molar-refractivity contribution is 5.80. The predicted molar refractivity (Wildman–Crippen MR) is 146 cm³/mol. The molecule has 1 fully saturated rings. The second kappa shape index (κ2) is 14.6. The number of hydrogen-bond donors (Lipinski definition) is 2. The molecule has 1 heterocycles. The zero-order valence-corrected chi connectivity index (χ0v) is 22.3. The number of carbonyl (C=O) groups is 2. The summed E-state index contributed by atoms with van der Waals surface area (Å²) in [5, 5.41) is 6.26. The van der Waals surface area contributed by atoms with Crippen LogP contribution < -0.4 is 10.6 Å². The Kier molecular flexibility index (Phi) is 10.6. The summed E-state index contributed by atoms with van der Waals surface area (Å²) in [6, 6.07) is 27.4. The fraction of sp³-hybridized carbons (Fsp3) is 0.355. The van der Waals surface area contributed by atoms with Crippen LogP contribution in [0.3, 0.4) is 0 Å². The molecule has 8 nitrogen and oxygen atoms in total. The van der Waals surface area contributed by atoms with Crippen LogP contribution in [0, 0.1) is 0 Å². The first kappa shape index (κ1) is 28.4. The highest BCUT2D eigenvalue weighted by Gasteiger charge is 2.49. The molecular weight excluding hydrogens is 496 g/mol. The van der Waals surface area contributed by atoms with Crippen molar-refractivity contribution in [2.24, 2.45) is 0 Å². The Balaban J connectivity index is 1.61. The molecular formula is C31H36N2O6. The van der Waals surface area contributed by atoms with Crippen molar-refractivity contribution in [3.63, 3.8) is 0 Å². The Morgan fingerprint density at radius 2 is 1.23 bits per heavy atom. The van der Waals surface area contributed by atoms with Gasteiger partial charge in [0.1, 0.15) is 18.2 Å².